The molecule has 2 aromatic rings. The Morgan fingerprint density at radius 1 is 1.59 bits per heavy atom. The predicted octanol–water partition coefficient (Wildman–Crippen LogP) is 2.54. The number of H-pyrrole nitrogens is 1. The van der Waals surface area contributed by atoms with Crippen molar-refractivity contribution >= 4 is 32.7 Å². The third kappa shape index (κ3) is 1.89. The van der Waals surface area contributed by atoms with E-state index in [4.69, 9.17) is 4.74 Å². The molecule has 1 saturated heterocycles. The van der Waals surface area contributed by atoms with Crippen LogP contribution >= 0.6 is 15.9 Å². The Morgan fingerprint density at radius 2 is 2.47 bits per heavy atom. The van der Waals surface area contributed by atoms with Gasteiger partial charge in [0, 0.05) is 40.3 Å². The lowest BCUT2D eigenvalue weighted by molar-refractivity contribution is 0.0902. The lowest BCUT2D eigenvalue weighted by Gasteiger charge is -2.04. The number of Topliss-reactive ketones (excluding diaryl/α,β-unsaturated/α-hetero) is 1. The minimum Gasteiger partial charge on any atom is -0.381 e. The van der Waals surface area contributed by atoms with E-state index >= 15 is 0 Å². The summed E-state index contributed by atoms with van der Waals surface area (Å²) >= 11 is 3.37. The first-order valence-electron chi connectivity index (χ1n) is 5.50. The van der Waals surface area contributed by atoms with Crippen LogP contribution in [0.5, 0.6) is 0 Å². The van der Waals surface area contributed by atoms with E-state index in [0.29, 0.717) is 18.8 Å². The molecule has 0 aromatic carbocycles. The lowest BCUT2D eigenvalue weighted by Crippen LogP contribution is -2.14. The average Bonchev–Trinajstić information content (AvgIpc) is 2.97. The summed E-state index contributed by atoms with van der Waals surface area (Å²) in [6.45, 7) is 1.22. The maximum absolute atomic E-state index is 12.3. The van der Waals surface area contributed by atoms with Crippen molar-refractivity contribution in [2.24, 2.45) is 5.92 Å². The molecule has 2 aromatic heterocycles. The van der Waals surface area contributed by atoms with E-state index in [1.165, 1.54) is 0 Å². The van der Waals surface area contributed by atoms with Crippen molar-refractivity contribution in [2.45, 2.75) is 6.42 Å². The summed E-state index contributed by atoms with van der Waals surface area (Å²) in [4.78, 5) is 19.5. The minimum absolute atomic E-state index is 0.00650. The number of aromatic amines is 1. The predicted molar refractivity (Wildman–Crippen MR) is 67.1 cm³/mol. The Labute approximate surface area is 107 Å². The molecule has 3 rings (SSSR count). The van der Waals surface area contributed by atoms with Gasteiger partial charge in [-0.2, -0.15) is 0 Å². The Bertz CT molecular complexity index is 573. The summed E-state index contributed by atoms with van der Waals surface area (Å²) < 4.78 is 6.13. The fraction of sp³-hybridized carbons (Fsp3) is 0.333. The van der Waals surface area contributed by atoms with Crippen LogP contribution in [0.2, 0.25) is 0 Å². The van der Waals surface area contributed by atoms with Gasteiger partial charge in [0.15, 0.2) is 5.78 Å². The number of hydrogen-bond donors (Lipinski definition) is 1. The summed E-state index contributed by atoms with van der Waals surface area (Å²) in [5.41, 5.74) is 1.46. The molecule has 5 heteroatoms. The summed E-state index contributed by atoms with van der Waals surface area (Å²) in [6, 6.07) is 1.92. The van der Waals surface area contributed by atoms with Gasteiger partial charge in [0.1, 0.15) is 5.65 Å². The highest BCUT2D eigenvalue weighted by Crippen LogP contribution is 2.25. The number of carbonyl (C=O) groups excluding carboxylic acids is 1. The number of aromatic nitrogens is 2. The summed E-state index contributed by atoms with van der Waals surface area (Å²) in [7, 11) is 0. The summed E-state index contributed by atoms with van der Waals surface area (Å²) in [5.74, 6) is 0.140. The molecular formula is C12H11BrN2O2. The van der Waals surface area contributed by atoms with Crippen LogP contribution in [0.25, 0.3) is 11.0 Å². The van der Waals surface area contributed by atoms with Gasteiger partial charge in [-0.25, -0.2) is 4.98 Å². The third-order valence-electron chi connectivity index (χ3n) is 3.06. The van der Waals surface area contributed by atoms with Gasteiger partial charge in [-0.3, -0.25) is 4.79 Å². The molecule has 1 fully saturated rings. The molecule has 1 aliphatic rings. The third-order valence-corrected chi connectivity index (χ3v) is 3.50. The monoisotopic (exact) mass is 294 g/mol. The molecular weight excluding hydrogens is 284 g/mol. The molecule has 1 unspecified atom stereocenters. The zero-order valence-electron chi connectivity index (χ0n) is 9.07. The van der Waals surface area contributed by atoms with Gasteiger partial charge in [-0.15, -0.1) is 0 Å². The summed E-state index contributed by atoms with van der Waals surface area (Å²) in [6.07, 6.45) is 4.27. The Balaban J connectivity index is 2.04. The Kier molecular flexibility index (Phi) is 2.72. The summed E-state index contributed by atoms with van der Waals surface area (Å²) in [5, 5.41) is 0.872. The highest BCUT2D eigenvalue weighted by molar-refractivity contribution is 9.10. The highest BCUT2D eigenvalue weighted by atomic mass is 79.9. The molecule has 1 aliphatic heterocycles. The second-order valence-electron chi connectivity index (χ2n) is 4.18. The number of carbonyl (C=O) groups is 1. The molecule has 0 saturated carbocycles. The topological polar surface area (TPSA) is 55.0 Å². The number of pyridine rings is 1. The second-order valence-corrected chi connectivity index (χ2v) is 5.09. The maximum Gasteiger partial charge on any atom is 0.170 e. The number of halogens is 1. The quantitative estimate of drug-likeness (QED) is 0.866. The van der Waals surface area contributed by atoms with Crippen molar-refractivity contribution in [1.82, 2.24) is 9.97 Å². The minimum atomic E-state index is -0.00650. The Morgan fingerprint density at radius 3 is 3.24 bits per heavy atom. The molecule has 1 N–H and O–H groups in total. The number of rotatable bonds is 2. The number of hydrogen-bond acceptors (Lipinski definition) is 3. The van der Waals surface area contributed by atoms with Crippen molar-refractivity contribution in [2.75, 3.05) is 13.2 Å². The van der Waals surface area contributed by atoms with E-state index in [1.807, 2.05) is 6.07 Å². The van der Waals surface area contributed by atoms with E-state index in [9.17, 15) is 4.79 Å². The molecule has 0 bridgehead atoms. The molecule has 0 aliphatic carbocycles. The molecule has 1 atom stereocenters. The van der Waals surface area contributed by atoms with Crippen LogP contribution in [-0.2, 0) is 4.74 Å². The van der Waals surface area contributed by atoms with Crippen LogP contribution in [0.1, 0.15) is 16.8 Å². The number of fused-ring (bicyclic) bond motifs is 1. The second kappa shape index (κ2) is 4.23. The van der Waals surface area contributed by atoms with E-state index in [1.54, 1.807) is 12.4 Å². The van der Waals surface area contributed by atoms with Crippen LogP contribution in [0.3, 0.4) is 0 Å². The molecule has 0 spiro atoms. The van der Waals surface area contributed by atoms with Crippen molar-refractivity contribution < 1.29 is 9.53 Å². The van der Waals surface area contributed by atoms with Crippen LogP contribution in [0.4, 0.5) is 0 Å². The van der Waals surface area contributed by atoms with Gasteiger partial charge in [0.2, 0.25) is 0 Å². The first-order valence-corrected chi connectivity index (χ1v) is 6.29. The maximum atomic E-state index is 12.3. The Hall–Kier alpha value is -1.20. The normalized spacial score (nSPS) is 19.9. The van der Waals surface area contributed by atoms with E-state index in [0.717, 1.165) is 21.9 Å². The molecule has 4 nitrogen and oxygen atoms in total. The van der Waals surface area contributed by atoms with E-state index in [2.05, 4.69) is 25.9 Å². The highest BCUT2D eigenvalue weighted by Gasteiger charge is 2.26. The molecule has 0 amide bonds. The number of ketones is 1. The molecule has 0 radical (unpaired) electrons. The number of ether oxygens (including phenoxy) is 1. The van der Waals surface area contributed by atoms with Crippen LogP contribution in [0.15, 0.2) is 22.9 Å². The zero-order valence-corrected chi connectivity index (χ0v) is 10.7. The zero-order chi connectivity index (χ0) is 11.8. The first kappa shape index (κ1) is 10.9. The van der Waals surface area contributed by atoms with Gasteiger partial charge in [0.25, 0.3) is 0 Å². The van der Waals surface area contributed by atoms with Crippen LogP contribution in [0, 0.1) is 5.92 Å². The lowest BCUT2D eigenvalue weighted by atomic mass is 9.97. The fourth-order valence-electron chi connectivity index (χ4n) is 2.14. The number of nitrogens with zero attached hydrogens (tertiary/aromatic N) is 1. The van der Waals surface area contributed by atoms with Gasteiger partial charge < -0.3 is 9.72 Å². The molecule has 17 heavy (non-hydrogen) atoms. The largest absolute Gasteiger partial charge is 0.381 e. The number of nitrogens with one attached hydrogen (secondary N) is 1. The van der Waals surface area contributed by atoms with Crippen molar-refractivity contribution in [3.8, 4) is 0 Å². The van der Waals surface area contributed by atoms with Crippen LogP contribution in [-0.4, -0.2) is 29.0 Å². The van der Waals surface area contributed by atoms with Crippen molar-refractivity contribution in [3.63, 3.8) is 0 Å². The molecule has 3 heterocycles. The van der Waals surface area contributed by atoms with Gasteiger partial charge >= 0.3 is 0 Å². The van der Waals surface area contributed by atoms with Gasteiger partial charge in [-0.1, -0.05) is 0 Å². The SMILES string of the molecule is O=C(c1c[nH]c2ncc(Br)cc12)C1CCOC1. The van der Waals surface area contributed by atoms with Crippen LogP contribution < -0.4 is 0 Å². The average molecular weight is 295 g/mol. The first-order chi connectivity index (χ1) is 8.25. The smallest absolute Gasteiger partial charge is 0.170 e. The van der Waals surface area contributed by atoms with Gasteiger partial charge in [-0.05, 0) is 28.4 Å². The van der Waals surface area contributed by atoms with Crippen molar-refractivity contribution in [1.29, 1.82) is 0 Å². The fourth-order valence-corrected chi connectivity index (χ4v) is 2.47. The molecule has 88 valence electrons. The van der Waals surface area contributed by atoms with Gasteiger partial charge in [0.05, 0.1) is 6.61 Å². The van der Waals surface area contributed by atoms with E-state index < -0.39 is 0 Å². The van der Waals surface area contributed by atoms with Crippen molar-refractivity contribution in [3.05, 3.63) is 28.5 Å². The standard InChI is InChI=1S/C12H11BrN2O2/c13-8-3-9-10(5-15-12(9)14-4-8)11(16)7-1-2-17-6-7/h3-5,7H,1-2,6H2,(H,14,15). The van der Waals surface area contributed by atoms with E-state index in [-0.39, 0.29) is 11.7 Å².